The van der Waals surface area contributed by atoms with Crippen molar-refractivity contribution >= 4 is 28.4 Å². The molecular weight excluding hydrogens is 374 g/mol. The van der Waals surface area contributed by atoms with Crippen LogP contribution in [0, 0.1) is 5.92 Å². The normalized spacial score (nSPS) is 15.6. The van der Waals surface area contributed by atoms with Crippen molar-refractivity contribution in [3.8, 4) is 0 Å². The highest BCUT2D eigenvalue weighted by Crippen LogP contribution is 2.32. The first kappa shape index (κ1) is 20.2. The molecule has 0 saturated heterocycles. The second-order valence-corrected chi connectivity index (χ2v) is 8.41. The number of hydrogen-bond donors (Lipinski definition) is 2. The van der Waals surface area contributed by atoms with Crippen LogP contribution in [-0.2, 0) is 24.1 Å². The van der Waals surface area contributed by atoms with E-state index in [1.165, 1.54) is 22.6 Å². The maximum Gasteiger partial charge on any atom is 0.254 e. The largest absolute Gasteiger partial charge is 0.358 e. The minimum atomic E-state index is -0.194. The van der Waals surface area contributed by atoms with Gasteiger partial charge in [-0.15, -0.1) is 0 Å². The molecule has 156 valence electrons. The molecule has 0 fully saturated rings. The molecule has 0 saturated carbocycles. The Kier molecular flexibility index (Phi) is 5.62. The van der Waals surface area contributed by atoms with Crippen LogP contribution in [0.5, 0.6) is 0 Å². The molecule has 1 atom stereocenters. The lowest BCUT2D eigenvalue weighted by Gasteiger charge is -2.19. The summed E-state index contributed by atoms with van der Waals surface area (Å²) >= 11 is 0. The maximum atomic E-state index is 13.0. The highest BCUT2D eigenvalue weighted by Gasteiger charge is 2.22. The number of nitrogens with one attached hydrogen (secondary N) is 2. The van der Waals surface area contributed by atoms with E-state index in [9.17, 15) is 9.59 Å². The standard InChI is InChI=1S/C25H29N3O2/c1-4-17-7-5-6-8-21(17)27-24(29)15-28(3)25(30)18-10-12-23-20(14-18)19-13-16(2)9-11-22(19)26-23/h5-8,10,12,14,16,26H,4,9,11,13,15H2,1-3H3,(H,27,29). The quantitative estimate of drug-likeness (QED) is 0.656. The van der Waals surface area contributed by atoms with Gasteiger partial charge in [-0.05, 0) is 67.0 Å². The second kappa shape index (κ2) is 8.34. The third-order valence-electron chi connectivity index (χ3n) is 6.08. The fourth-order valence-electron chi connectivity index (χ4n) is 4.37. The summed E-state index contributed by atoms with van der Waals surface area (Å²) in [6.45, 7) is 4.34. The van der Waals surface area contributed by atoms with Crippen LogP contribution in [0.2, 0.25) is 0 Å². The number of amides is 2. The van der Waals surface area contributed by atoms with E-state index in [-0.39, 0.29) is 18.4 Å². The number of carbonyl (C=O) groups excluding carboxylic acids is 2. The monoisotopic (exact) mass is 403 g/mol. The fraction of sp³-hybridized carbons (Fsp3) is 0.360. The molecule has 0 aliphatic heterocycles. The van der Waals surface area contributed by atoms with Crippen LogP contribution in [0.15, 0.2) is 42.5 Å². The molecule has 0 bridgehead atoms. The van der Waals surface area contributed by atoms with Crippen molar-refractivity contribution < 1.29 is 9.59 Å². The van der Waals surface area contributed by atoms with E-state index in [4.69, 9.17) is 0 Å². The molecule has 2 aromatic carbocycles. The van der Waals surface area contributed by atoms with Crippen molar-refractivity contribution in [2.75, 3.05) is 18.9 Å². The first-order chi connectivity index (χ1) is 14.5. The Morgan fingerprint density at radius 1 is 1.20 bits per heavy atom. The van der Waals surface area contributed by atoms with E-state index in [1.54, 1.807) is 7.05 Å². The van der Waals surface area contributed by atoms with Gasteiger partial charge >= 0.3 is 0 Å². The van der Waals surface area contributed by atoms with Gasteiger partial charge < -0.3 is 15.2 Å². The molecule has 4 rings (SSSR count). The molecule has 3 aromatic rings. The average Bonchev–Trinajstić information content (AvgIpc) is 3.10. The van der Waals surface area contributed by atoms with Gasteiger partial charge in [0.1, 0.15) is 0 Å². The summed E-state index contributed by atoms with van der Waals surface area (Å²) in [5.74, 6) is 0.323. The molecular formula is C25H29N3O2. The number of nitrogens with zero attached hydrogens (tertiary/aromatic N) is 1. The van der Waals surface area contributed by atoms with Crippen LogP contribution in [0.4, 0.5) is 5.69 Å². The number of aryl methyl sites for hydroxylation is 2. The first-order valence-corrected chi connectivity index (χ1v) is 10.7. The number of anilines is 1. The van der Waals surface area contributed by atoms with Crippen LogP contribution in [-0.4, -0.2) is 35.3 Å². The summed E-state index contributed by atoms with van der Waals surface area (Å²) in [5, 5.41) is 4.07. The summed E-state index contributed by atoms with van der Waals surface area (Å²) in [4.78, 5) is 30.5. The molecule has 1 aliphatic carbocycles. The number of aromatic nitrogens is 1. The zero-order chi connectivity index (χ0) is 21.3. The summed E-state index contributed by atoms with van der Waals surface area (Å²) < 4.78 is 0. The van der Waals surface area contributed by atoms with Crippen LogP contribution in [0.25, 0.3) is 10.9 Å². The summed E-state index contributed by atoms with van der Waals surface area (Å²) in [7, 11) is 1.67. The molecule has 1 unspecified atom stereocenters. The number of benzene rings is 2. The third-order valence-corrected chi connectivity index (χ3v) is 6.08. The van der Waals surface area contributed by atoms with Crippen molar-refractivity contribution in [1.29, 1.82) is 0 Å². The molecule has 5 nitrogen and oxygen atoms in total. The van der Waals surface area contributed by atoms with Gasteiger partial charge in [-0.3, -0.25) is 9.59 Å². The molecule has 1 heterocycles. The number of H-pyrrole nitrogens is 1. The lowest BCUT2D eigenvalue weighted by Crippen LogP contribution is -2.35. The minimum Gasteiger partial charge on any atom is -0.358 e. The Morgan fingerprint density at radius 3 is 2.80 bits per heavy atom. The van der Waals surface area contributed by atoms with Gasteiger partial charge in [-0.1, -0.05) is 32.0 Å². The number of carbonyl (C=O) groups is 2. The predicted octanol–water partition coefficient (Wildman–Crippen LogP) is 4.57. The van der Waals surface area contributed by atoms with Crippen LogP contribution in [0.1, 0.15) is 47.4 Å². The number of para-hydroxylation sites is 1. The Bertz CT molecular complexity index is 1100. The zero-order valence-corrected chi connectivity index (χ0v) is 17.9. The van der Waals surface area contributed by atoms with Gasteiger partial charge in [0.2, 0.25) is 5.91 Å². The van der Waals surface area contributed by atoms with Crippen molar-refractivity contribution in [2.24, 2.45) is 5.92 Å². The molecule has 2 amide bonds. The number of fused-ring (bicyclic) bond motifs is 3. The summed E-state index contributed by atoms with van der Waals surface area (Å²) in [5.41, 5.74) is 6.23. The SMILES string of the molecule is CCc1ccccc1NC(=O)CN(C)C(=O)c1ccc2[nH]c3c(c2c1)CC(C)CC3. The summed E-state index contributed by atoms with van der Waals surface area (Å²) in [6.07, 6.45) is 4.14. The predicted molar refractivity (Wildman–Crippen MR) is 121 cm³/mol. The van der Waals surface area contributed by atoms with Crippen molar-refractivity contribution in [3.63, 3.8) is 0 Å². The lowest BCUT2D eigenvalue weighted by atomic mass is 9.87. The highest BCUT2D eigenvalue weighted by atomic mass is 16.2. The van der Waals surface area contributed by atoms with Crippen molar-refractivity contribution in [1.82, 2.24) is 9.88 Å². The van der Waals surface area contributed by atoms with Crippen LogP contribution in [0.3, 0.4) is 0 Å². The van der Waals surface area contributed by atoms with Gasteiger partial charge in [0.05, 0.1) is 6.54 Å². The topological polar surface area (TPSA) is 65.2 Å². The smallest absolute Gasteiger partial charge is 0.254 e. The molecule has 2 N–H and O–H groups in total. The maximum absolute atomic E-state index is 13.0. The van der Waals surface area contributed by atoms with Gasteiger partial charge in [-0.25, -0.2) is 0 Å². The molecule has 0 spiro atoms. The molecule has 0 radical (unpaired) electrons. The van der Waals surface area contributed by atoms with E-state index in [0.29, 0.717) is 11.5 Å². The second-order valence-electron chi connectivity index (χ2n) is 8.41. The Balaban J connectivity index is 1.49. The lowest BCUT2D eigenvalue weighted by molar-refractivity contribution is -0.116. The Labute approximate surface area is 177 Å². The van der Waals surface area contributed by atoms with Crippen molar-refractivity contribution in [3.05, 3.63) is 64.8 Å². The average molecular weight is 404 g/mol. The van der Waals surface area contributed by atoms with E-state index in [0.717, 1.165) is 41.4 Å². The van der Waals surface area contributed by atoms with Crippen molar-refractivity contribution in [2.45, 2.75) is 39.5 Å². The highest BCUT2D eigenvalue weighted by molar-refractivity contribution is 6.02. The van der Waals surface area contributed by atoms with Gasteiger partial charge in [-0.2, -0.15) is 0 Å². The number of rotatable bonds is 5. The van der Waals surface area contributed by atoms with Gasteiger partial charge in [0.15, 0.2) is 0 Å². The Morgan fingerprint density at radius 2 is 2.00 bits per heavy atom. The minimum absolute atomic E-state index is 0.0111. The van der Waals surface area contributed by atoms with E-state index in [1.807, 2.05) is 42.5 Å². The zero-order valence-electron chi connectivity index (χ0n) is 17.9. The van der Waals surface area contributed by atoms with Gasteiger partial charge in [0, 0.05) is 34.9 Å². The third kappa shape index (κ3) is 3.97. The Hall–Kier alpha value is -3.08. The molecule has 5 heteroatoms. The molecule has 1 aromatic heterocycles. The molecule has 30 heavy (non-hydrogen) atoms. The first-order valence-electron chi connectivity index (χ1n) is 10.7. The molecule has 1 aliphatic rings. The number of hydrogen-bond acceptors (Lipinski definition) is 2. The fourth-order valence-corrected chi connectivity index (χ4v) is 4.37. The van der Waals surface area contributed by atoms with Gasteiger partial charge in [0.25, 0.3) is 5.91 Å². The van der Waals surface area contributed by atoms with E-state index >= 15 is 0 Å². The van der Waals surface area contributed by atoms with Crippen LogP contribution < -0.4 is 5.32 Å². The number of likely N-dealkylation sites (N-methyl/N-ethyl adjacent to an activating group) is 1. The van der Waals surface area contributed by atoms with E-state index < -0.39 is 0 Å². The number of aromatic amines is 1. The van der Waals surface area contributed by atoms with E-state index in [2.05, 4.69) is 24.1 Å². The van der Waals surface area contributed by atoms with Crippen LogP contribution >= 0.6 is 0 Å². The summed E-state index contributed by atoms with van der Waals surface area (Å²) in [6, 6.07) is 13.6.